The van der Waals surface area contributed by atoms with E-state index in [1.165, 1.54) is 199 Å². The van der Waals surface area contributed by atoms with Gasteiger partial charge in [0, 0.05) is 19.3 Å². The van der Waals surface area contributed by atoms with Crippen molar-refractivity contribution in [1.82, 2.24) is 0 Å². The Kier molecular flexibility index (Phi) is 60.2. The number of carbonyl (C=O) groups excluding carboxylic acids is 3. The van der Waals surface area contributed by atoms with Gasteiger partial charge in [-0.2, -0.15) is 0 Å². The standard InChI is InChI=1S/C68H122O6/c1-4-7-10-13-16-19-22-25-28-30-32-33-34-35-37-38-40-43-46-49-52-55-58-61-67(70)73-64-65(63-72-66(69)60-57-54-51-48-45-42-27-24-21-18-15-12-9-6-3)74-68(71)62-59-56-53-50-47-44-41-39-36-31-29-26-23-20-17-14-11-8-5-2/h15,18,22,24-25,27,30,32,34-35,65H,4-14,16-17,19-21,23,26,28-29,31,33,36-64H2,1-3H3/b18-15-,25-22-,27-24-,32-30-,35-34-. The third-order valence-electron chi connectivity index (χ3n) is 14.2. The van der Waals surface area contributed by atoms with E-state index in [9.17, 15) is 14.4 Å². The highest BCUT2D eigenvalue weighted by molar-refractivity contribution is 5.71. The molecule has 0 aromatic heterocycles. The van der Waals surface area contributed by atoms with E-state index in [4.69, 9.17) is 14.2 Å². The summed E-state index contributed by atoms with van der Waals surface area (Å²) in [5, 5.41) is 0. The maximum absolute atomic E-state index is 12.9. The van der Waals surface area contributed by atoms with Crippen LogP contribution in [0, 0.1) is 0 Å². The lowest BCUT2D eigenvalue weighted by Gasteiger charge is -2.18. The largest absolute Gasteiger partial charge is 0.462 e. The maximum Gasteiger partial charge on any atom is 0.306 e. The summed E-state index contributed by atoms with van der Waals surface area (Å²) < 4.78 is 16.9. The van der Waals surface area contributed by atoms with Crippen molar-refractivity contribution in [3.8, 4) is 0 Å². The third-order valence-corrected chi connectivity index (χ3v) is 14.2. The molecule has 0 radical (unpaired) electrons. The minimum atomic E-state index is -0.782. The topological polar surface area (TPSA) is 78.9 Å². The van der Waals surface area contributed by atoms with Gasteiger partial charge < -0.3 is 14.2 Å². The molecule has 1 unspecified atom stereocenters. The number of allylic oxidation sites excluding steroid dienone is 10. The van der Waals surface area contributed by atoms with Crippen molar-refractivity contribution in [2.75, 3.05) is 13.2 Å². The second-order valence-electron chi connectivity index (χ2n) is 21.7. The molecule has 6 heteroatoms. The SMILES string of the molecule is CCCC/C=C\C/C=C\CCCCCCCC(=O)OCC(COC(=O)CCCCCCCCCC/C=C\C/C=C\C/C=C\CCCCCCC)OC(=O)CCCCCCCCCCCCCCCCCCCCC. The maximum atomic E-state index is 12.9. The molecule has 74 heavy (non-hydrogen) atoms. The van der Waals surface area contributed by atoms with Crippen LogP contribution in [-0.4, -0.2) is 37.2 Å². The summed E-state index contributed by atoms with van der Waals surface area (Å²) in [7, 11) is 0. The van der Waals surface area contributed by atoms with E-state index in [-0.39, 0.29) is 31.1 Å². The molecule has 0 aliphatic carbocycles. The fourth-order valence-electron chi connectivity index (χ4n) is 9.35. The highest BCUT2D eigenvalue weighted by Crippen LogP contribution is 2.17. The second-order valence-corrected chi connectivity index (χ2v) is 21.7. The Morgan fingerprint density at radius 1 is 0.270 bits per heavy atom. The van der Waals surface area contributed by atoms with Gasteiger partial charge in [-0.1, -0.05) is 293 Å². The molecule has 0 bridgehead atoms. The van der Waals surface area contributed by atoms with Gasteiger partial charge in [-0.25, -0.2) is 0 Å². The first-order chi connectivity index (χ1) is 36.5. The summed E-state index contributed by atoms with van der Waals surface area (Å²) in [6.07, 6.45) is 79.4. The summed E-state index contributed by atoms with van der Waals surface area (Å²) in [5.74, 6) is -0.882. The number of hydrogen-bond acceptors (Lipinski definition) is 6. The fraction of sp³-hybridized carbons (Fsp3) is 0.809. The molecule has 0 amide bonds. The molecule has 1 atom stereocenters. The lowest BCUT2D eigenvalue weighted by molar-refractivity contribution is -0.167. The van der Waals surface area contributed by atoms with Crippen LogP contribution in [0.5, 0.6) is 0 Å². The number of carbonyl (C=O) groups is 3. The van der Waals surface area contributed by atoms with Crippen LogP contribution in [-0.2, 0) is 28.6 Å². The van der Waals surface area contributed by atoms with Crippen LogP contribution in [0.3, 0.4) is 0 Å². The van der Waals surface area contributed by atoms with Crippen molar-refractivity contribution in [1.29, 1.82) is 0 Å². The van der Waals surface area contributed by atoms with Crippen molar-refractivity contribution in [3.05, 3.63) is 60.8 Å². The van der Waals surface area contributed by atoms with Crippen molar-refractivity contribution in [2.24, 2.45) is 0 Å². The van der Waals surface area contributed by atoms with Crippen LogP contribution in [0.4, 0.5) is 0 Å². The van der Waals surface area contributed by atoms with Gasteiger partial charge >= 0.3 is 17.9 Å². The molecule has 0 saturated carbocycles. The van der Waals surface area contributed by atoms with E-state index in [0.29, 0.717) is 19.3 Å². The number of esters is 3. The molecule has 0 aromatic carbocycles. The number of unbranched alkanes of at least 4 members (excludes halogenated alkanes) is 38. The van der Waals surface area contributed by atoms with Gasteiger partial charge in [-0.3, -0.25) is 14.4 Å². The van der Waals surface area contributed by atoms with Gasteiger partial charge in [0.1, 0.15) is 13.2 Å². The Morgan fingerprint density at radius 2 is 0.500 bits per heavy atom. The minimum absolute atomic E-state index is 0.0799. The zero-order valence-electron chi connectivity index (χ0n) is 49.4. The van der Waals surface area contributed by atoms with Crippen molar-refractivity contribution < 1.29 is 28.6 Å². The summed E-state index contributed by atoms with van der Waals surface area (Å²) >= 11 is 0. The molecule has 0 saturated heterocycles. The normalized spacial score (nSPS) is 12.4. The van der Waals surface area contributed by atoms with Crippen LogP contribution >= 0.6 is 0 Å². The molecule has 0 aliphatic rings. The molecular formula is C68H122O6. The predicted molar refractivity (Wildman–Crippen MR) is 321 cm³/mol. The number of hydrogen-bond donors (Lipinski definition) is 0. The average Bonchev–Trinajstić information content (AvgIpc) is 3.40. The minimum Gasteiger partial charge on any atom is -0.462 e. The molecule has 0 aliphatic heterocycles. The number of rotatable bonds is 59. The molecular weight excluding hydrogens is 913 g/mol. The zero-order chi connectivity index (χ0) is 53.6. The molecule has 6 nitrogen and oxygen atoms in total. The Hall–Kier alpha value is -2.89. The predicted octanol–water partition coefficient (Wildman–Crippen LogP) is 21.9. The van der Waals surface area contributed by atoms with Gasteiger partial charge in [0.2, 0.25) is 0 Å². The summed E-state index contributed by atoms with van der Waals surface area (Å²) in [6, 6.07) is 0. The van der Waals surface area contributed by atoms with Gasteiger partial charge in [-0.15, -0.1) is 0 Å². The molecule has 0 heterocycles. The second kappa shape index (κ2) is 62.6. The van der Waals surface area contributed by atoms with E-state index >= 15 is 0 Å². The molecule has 430 valence electrons. The fourth-order valence-corrected chi connectivity index (χ4v) is 9.35. The highest BCUT2D eigenvalue weighted by Gasteiger charge is 2.19. The molecule has 0 rings (SSSR count). The Morgan fingerprint density at radius 3 is 0.797 bits per heavy atom. The van der Waals surface area contributed by atoms with Gasteiger partial charge in [0.25, 0.3) is 0 Å². The van der Waals surface area contributed by atoms with E-state index in [0.717, 1.165) is 96.3 Å². The average molecular weight is 1040 g/mol. The first-order valence-electron chi connectivity index (χ1n) is 32.3. The van der Waals surface area contributed by atoms with Crippen LogP contribution < -0.4 is 0 Å². The Bertz CT molecular complexity index is 1330. The van der Waals surface area contributed by atoms with Crippen molar-refractivity contribution >= 4 is 17.9 Å². The van der Waals surface area contributed by atoms with Crippen LogP contribution in [0.25, 0.3) is 0 Å². The summed E-state index contributed by atoms with van der Waals surface area (Å²) in [5.41, 5.74) is 0. The lowest BCUT2D eigenvalue weighted by Crippen LogP contribution is -2.30. The van der Waals surface area contributed by atoms with Crippen molar-refractivity contribution in [2.45, 2.75) is 341 Å². The molecule has 0 N–H and O–H groups in total. The highest BCUT2D eigenvalue weighted by atomic mass is 16.6. The molecule has 0 aromatic rings. The zero-order valence-corrected chi connectivity index (χ0v) is 49.4. The monoisotopic (exact) mass is 1030 g/mol. The molecule has 0 spiro atoms. The quantitative estimate of drug-likeness (QED) is 0.0261. The van der Waals surface area contributed by atoms with E-state index in [2.05, 4.69) is 81.5 Å². The summed E-state index contributed by atoms with van der Waals surface area (Å²) in [6.45, 7) is 6.62. The Balaban J connectivity index is 4.34. The molecule has 0 fully saturated rings. The number of ether oxygens (including phenoxy) is 3. The first-order valence-corrected chi connectivity index (χ1v) is 32.3. The third kappa shape index (κ3) is 60.0. The Labute approximate surface area is 460 Å². The van der Waals surface area contributed by atoms with Gasteiger partial charge in [0.15, 0.2) is 6.10 Å². The van der Waals surface area contributed by atoms with Gasteiger partial charge in [0.05, 0.1) is 0 Å². The summed E-state index contributed by atoms with van der Waals surface area (Å²) in [4.78, 5) is 38.3. The smallest absolute Gasteiger partial charge is 0.306 e. The van der Waals surface area contributed by atoms with E-state index < -0.39 is 6.10 Å². The van der Waals surface area contributed by atoms with Crippen LogP contribution in [0.15, 0.2) is 60.8 Å². The van der Waals surface area contributed by atoms with E-state index in [1.807, 2.05) is 0 Å². The van der Waals surface area contributed by atoms with Crippen molar-refractivity contribution in [3.63, 3.8) is 0 Å². The van der Waals surface area contributed by atoms with Crippen LogP contribution in [0.2, 0.25) is 0 Å². The first kappa shape index (κ1) is 71.1. The lowest BCUT2D eigenvalue weighted by atomic mass is 10.0. The van der Waals surface area contributed by atoms with Crippen LogP contribution in [0.1, 0.15) is 335 Å². The van der Waals surface area contributed by atoms with E-state index in [1.54, 1.807) is 0 Å². The van der Waals surface area contributed by atoms with Gasteiger partial charge in [-0.05, 0) is 83.5 Å².